The molecule has 2 N–H and O–H groups in total. The number of nitrogens with zero attached hydrogens (tertiary/aromatic N) is 3. The van der Waals surface area contributed by atoms with Crippen LogP contribution in [-0.4, -0.2) is 15.0 Å². The number of aromatic nitrogens is 3. The summed E-state index contributed by atoms with van der Waals surface area (Å²) in [5, 5.41) is 7.79. The average Bonchev–Trinajstić information content (AvgIpc) is 2.73. The number of rotatable bonds is 4. The Balaban J connectivity index is 2.01. The van der Waals surface area contributed by atoms with Crippen LogP contribution in [0.2, 0.25) is 0 Å². The molecule has 2 aromatic rings. The quantitative estimate of drug-likeness (QED) is 0.865. The van der Waals surface area contributed by atoms with Gasteiger partial charge in [0.15, 0.2) is 0 Å². The third kappa shape index (κ3) is 3.04. The summed E-state index contributed by atoms with van der Waals surface area (Å²) in [6, 6.07) is 7.78. The van der Waals surface area contributed by atoms with Gasteiger partial charge in [-0.1, -0.05) is 17.3 Å². The maximum atomic E-state index is 5.81. The molecular weight excluding hydrogens is 216 g/mol. The number of benzene rings is 1. The molecule has 1 aromatic heterocycles. The minimum atomic E-state index is 0.00932. The van der Waals surface area contributed by atoms with Gasteiger partial charge in [0.2, 0.25) is 0 Å². The van der Waals surface area contributed by atoms with Crippen LogP contribution in [0.25, 0.3) is 0 Å². The Hall–Kier alpha value is -1.88. The number of hydrogen-bond donors (Lipinski definition) is 1. The molecule has 0 aliphatic heterocycles. The summed E-state index contributed by atoms with van der Waals surface area (Å²) in [5.74, 6) is 0.797. The van der Waals surface area contributed by atoms with Crippen molar-refractivity contribution in [2.75, 3.05) is 0 Å². The van der Waals surface area contributed by atoms with Crippen molar-refractivity contribution < 1.29 is 4.74 Å². The fraction of sp³-hybridized carbons (Fsp3) is 0.333. The lowest BCUT2D eigenvalue weighted by atomic mass is 10.1. The maximum Gasteiger partial charge on any atom is 0.134 e. The molecule has 0 aliphatic carbocycles. The number of hydrogen-bond acceptors (Lipinski definition) is 4. The van der Waals surface area contributed by atoms with Gasteiger partial charge in [-0.3, -0.25) is 4.68 Å². The fourth-order valence-electron chi connectivity index (χ4n) is 1.51. The van der Waals surface area contributed by atoms with Gasteiger partial charge in [-0.25, -0.2) is 0 Å². The largest absolute Gasteiger partial charge is 0.487 e. The molecule has 0 aliphatic rings. The van der Waals surface area contributed by atoms with Crippen LogP contribution in [-0.2, 0) is 13.7 Å². The predicted molar refractivity (Wildman–Crippen MR) is 64.4 cm³/mol. The third-order valence-electron chi connectivity index (χ3n) is 2.42. The summed E-state index contributed by atoms with van der Waals surface area (Å²) in [7, 11) is 1.83. The van der Waals surface area contributed by atoms with E-state index < -0.39 is 0 Å². The van der Waals surface area contributed by atoms with Gasteiger partial charge in [-0.05, 0) is 24.6 Å². The van der Waals surface area contributed by atoms with Crippen molar-refractivity contribution in [1.82, 2.24) is 15.0 Å². The van der Waals surface area contributed by atoms with E-state index in [9.17, 15) is 0 Å². The van der Waals surface area contributed by atoms with Crippen LogP contribution in [0.3, 0.4) is 0 Å². The Bertz CT molecular complexity index is 493. The second kappa shape index (κ2) is 4.97. The lowest BCUT2D eigenvalue weighted by Crippen LogP contribution is -2.05. The highest BCUT2D eigenvalue weighted by atomic mass is 16.5. The monoisotopic (exact) mass is 232 g/mol. The van der Waals surface area contributed by atoms with Crippen LogP contribution in [0, 0.1) is 0 Å². The third-order valence-corrected chi connectivity index (χ3v) is 2.42. The predicted octanol–water partition coefficient (Wildman–Crippen LogP) is 1.41. The molecule has 1 aromatic carbocycles. The molecule has 90 valence electrons. The van der Waals surface area contributed by atoms with Gasteiger partial charge >= 0.3 is 0 Å². The van der Waals surface area contributed by atoms with Crippen molar-refractivity contribution in [3.8, 4) is 5.75 Å². The number of aryl methyl sites for hydroxylation is 1. The molecule has 17 heavy (non-hydrogen) atoms. The summed E-state index contributed by atoms with van der Waals surface area (Å²) in [5.41, 5.74) is 7.67. The van der Waals surface area contributed by atoms with Gasteiger partial charge in [0.25, 0.3) is 0 Å². The first-order valence-corrected chi connectivity index (χ1v) is 5.48. The second-order valence-corrected chi connectivity index (χ2v) is 4.03. The van der Waals surface area contributed by atoms with Crippen molar-refractivity contribution >= 4 is 0 Å². The molecular formula is C12H16N4O. The second-order valence-electron chi connectivity index (χ2n) is 4.03. The van der Waals surface area contributed by atoms with Crippen LogP contribution in [0.15, 0.2) is 30.5 Å². The van der Waals surface area contributed by atoms with E-state index in [0.717, 1.165) is 17.0 Å². The van der Waals surface area contributed by atoms with Crippen LogP contribution >= 0.6 is 0 Å². The molecule has 0 amide bonds. The van der Waals surface area contributed by atoms with E-state index in [4.69, 9.17) is 10.5 Å². The minimum absolute atomic E-state index is 0.00932. The normalized spacial score (nSPS) is 12.4. The van der Waals surface area contributed by atoms with Crippen LogP contribution in [0.1, 0.15) is 24.2 Å². The smallest absolute Gasteiger partial charge is 0.134 e. The molecule has 5 nitrogen and oxygen atoms in total. The van der Waals surface area contributed by atoms with E-state index in [2.05, 4.69) is 10.3 Å². The Kier molecular flexibility index (Phi) is 3.39. The number of ether oxygens (including phenoxy) is 1. The zero-order valence-corrected chi connectivity index (χ0v) is 10.00. The fourth-order valence-corrected chi connectivity index (χ4v) is 1.51. The van der Waals surface area contributed by atoms with Crippen LogP contribution in [0.5, 0.6) is 5.75 Å². The van der Waals surface area contributed by atoms with Crippen LogP contribution < -0.4 is 10.5 Å². The van der Waals surface area contributed by atoms with E-state index in [-0.39, 0.29) is 6.04 Å². The van der Waals surface area contributed by atoms with E-state index in [1.165, 1.54) is 0 Å². The molecule has 1 heterocycles. The standard InChI is InChI=1S/C12H16N4O/c1-9(13)10-4-3-5-12(6-10)17-8-11-7-16(2)15-14-11/h3-7,9H,8,13H2,1-2H3/t9-/m0/s1. The van der Waals surface area contributed by atoms with Gasteiger partial charge in [0, 0.05) is 13.1 Å². The molecule has 0 radical (unpaired) electrons. The first-order valence-electron chi connectivity index (χ1n) is 5.48. The van der Waals surface area contributed by atoms with Crippen molar-refractivity contribution in [3.63, 3.8) is 0 Å². The SMILES string of the molecule is C[C@H](N)c1cccc(OCc2cn(C)nn2)c1. The van der Waals surface area contributed by atoms with Gasteiger partial charge in [-0.2, -0.15) is 0 Å². The Morgan fingerprint density at radius 3 is 2.94 bits per heavy atom. The number of nitrogens with two attached hydrogens (primary N) is 1. The van der Waals surface area contributed by atoms with Gasteiger partial charge in [-0.15, -0.1) is 5.10 Å². The summed E-state index contributed by atoms with van der Waals surface area (Å²) in [6.07, 6.45) is 1.83. The Morgan fingerprint density at radius 2 is 2.29 bits per heavy atom. The average molecular weight is 232 g/mol. The van der Waals surface area contributed by atoms with Crippen molar-refractivity contribution in [1.29, 1.82) is 0 Å². The van der Waals surface area contributed by atoms with E-state index in [1.54, 1.807) is 4.68 Å². The zero-order valence-electron chi connectivity index (χ0n) is 10.00. The maximum absolute atomic E-state index is 5.81. The molecule has 2 rings (SSSR count). The summed E-state index contributed by atoms with van der Waals surface area (Å²) >= 11 is 0. The molecule has 1 atom stereocenters. The van der Waals surface area contributed by atoms with Crippen LogP contribution in [0.4, 0.5) is 0 Å². The molecule has 0 saturated carbocycles. The lowest BCUT2D eigenvalue weighted by Gasteiger charge is -2.08. The molecule has 5 heteroatoms. The molecule has 0 fully saturated rings. The highest BCUT2D eigenvalue weighted by Crippen LogP contribution is 2.18. The van der Waals surface area contributed by atoms with E-state index in [0.29, 0.717) is 6.61 Å². The summed E-state index contributed by atoms with van der Waals surface area (Å²) in [4.78, 5) is 0. The topological polar surface area (TPSA) is 66.0 Å². The first kappa shape index (κ1) is 11.6. The molecule has 0 spiro atoms. The lowest BCUT2D eigenvalue weighted by molar-refractivity contribution is 0.300. The molecule has 0 unspecified atom stereocenters. The van der Waals surface area contributed by atoms with Crippen molar-refractivity contribution in [3.05, 3.63) is 41.7 Å². The van der Waals surface area contributed by atoms with E-state index in [1.807, 2.05) is 44.4 Å². The summed E-state index contributed by atoms with van der Waals surface area (Å²) in [6.45, 7) is 2.36. The highest BCUT2D eigenvalue weighted by Gasteiger charge is 2.03. The first-order chi connectivity index (χ1) is 8.15. The van der Waals surface area contributed by atoms with Gasteiger partial charge in [0.1, 0.15) is 18.1 Å². The van der Waals surface area contributed by atoms with Crippen molar-refractivity contribution in [2.24, 2.45) is 12.8 Å². The molecule has 0 bridgehead atoms. The highest BCUT2D eigenvalue weighted by molar-refractivity contribution is 5.30. The van der Waals surface area contributed by atoms with Crippen molar-refractivity contribution in [2.45, 2.75) is 19.6 Å². The van der Waals surface area contributed by atoms with E-state index >= 15 is 0 Å². The Morgan fingerprint density at radius 1 is 1.47 bits per heavy atom. The van der Waals surface area contributed by atoms with Gasteiger partial charge < -0.3 is 10.5 Å². The minimum Gasteiger partial charge on any atom is -0.487 e. The summed E-state index contributed by atoms with van der Waals surface area (Å²) < 4.78 is 7.27. The Labute approximate surface area is 100 Å². The van der Waals surface area contributed by atoms with Gasteiger partial charge in [0.05, 0.1) is 6.20 Å². The molecule has 0 saturated heterocycles. The zero-order chi connectivity index (χ0) is 12.3.